The molecule has 11 heteroatoms. The molecular weight excluding hydrogens is 506 g/mol. The van der Waals surface area contributed by atoms with E-state index in [4.69, 9.17) is 0 Å². The van der Waals surface area contributed by atoms with Gasteiger partial charge in [-0.25, -0.2) is 4.98 Å². The van der Waals surface area contributed by atoms with E-state index in [0.29, 0.717) is 43.3 Å². The van der Waals surface area contributed by atoms with Gasteiger partial charge in [0.25, 0.3) is 0 Å². The summed E-state index contributed by atoms with van der Waals surface area (Å²) in [7, 11) is 5.48. The minimum absolute atomic E-state index is 0.195. The lowest BCUT2D eigenvalue weighted by Crippen LogP contribution is -2.45. The summed E-state index contributed by atoms with van der Waals surface area (Å²) in [6.45, 7) is 5.69. The standard InChI is InChI=1S/C29H39N9O2/c1-6-15-30-27-23(19-32-29(35-27)34-24-14-13-22-20-33-36-25(22)18-24)11-8-7-9-16-31-28(40)21(2)38(5)26(39)12-10-17-37(3)4/h10,12-14,18-21H,6-7,9,15-17H2,1-5H3,(H,31,40)(H,33,36)(H2,30,32,34,35)/t21-/m0/s1. The van der Waals surface area contributed by atoms with Crippen molar-refractivity contribution in [3.8, 4) is 11.8 Å². The van der Waals surface area contributed by atoms with E-state index in [1.807, 2.05) is 37.2 Å². The Labute approximate surface area is 235 Å². The molecule has 0 aliphatic rings. The summed E-state index contributed by atoms with van der Waals surface area (Å²) in [5.74, 6) is 7.04. The summed E-state index contributed by atoms with van der Waals surface area (Å²) in [6.07, 6.45) is 8.98. The lowest BCUT2D eigenvalue weighted by Gasteiger charge is -2.23. The van der Waals surface area contributed by atoms with Gasteiger partial charge in [0, 0.05) is 50.3 Å². The van der Waals surface area contributed by atoms with Crippen LogP contribution >= 0.6 is 0 Å². The van der Waals surface area contributed by atoms with E-state index < -0.39 is 6.04 Å². The fourth-order valence-corrected chi connectivity index (χ4v) is 3.60. The number of nitrogens with one attached hydrogen (secondary N) is 4. The molecule has 0 saturated carbocycles. The Morgan fingerprint density at radius 2 is 2.00 bits per heavy atom. The van der Waals surface area contributed by atoms with Crippen molar-refractivity contribution < 1.29 is 9.59 Å². The molecule has 2 aromatic heterocycles. The Kier molecular flexibility index (Phi) is 11.5. The first kappa shape index (κ1) is 30.1. The Morgan fingerprint density at radius 3 is 2.77 bits per heavy atom. The molecule has 0 aliphatic carbocycles. The Bertz CT molecular complexity index is 1370. The molecule has 0 unspecified atom stereocenters. The molecule has 11 nitrogen and oxygen atoms in total. The van der Waals surface area contributed by atoms with Crippen LogP contribution in [0.25, 0.3) is 10.9 Å². The van der Waals surface area contributed by atoms with E-state index in [1.54, 1.807) is 32.4 Å². The number of likely N-dealkylation sites (N-methyl/N-ethyl adjacent to an activating group) is 2. The smallest absolute Gasteiger partial charge is 0.246 e. The SMILES string of the molecule is CCCNc1nc(Nc2ccc3cn[nH]c3c2)ncc1C#CCCCNC(=O)[C@H](C)N(C)C(=O)C=CCN(C)C. The van der Waals surface area contributed by atoms with Crippen molar-refractivity contribution in [3.05, 3.63) is 48.3 Å². The van der Waals surface area contributed by atoms with Crippen LogP contribution in [0.3, 0.4) is 0 Å². The number of aromatic nitrogens is 4. The van der Waals surface area contributed by atoms with E-state index in [0.717, 1.165) is 29.6 Å². The number of nitrogens with zero attached hydrogens (tertiary/aromatic N) is 5. The second-order valence-corrected chi connectivity index (χ2v) is 9.67. The van der Waals surface area contributed by atoms with Crippen molar-refractivity contribution in [2.75, 3.05) is 51.4 Å². The summed E-state index contributed by atoms with van der Waals surface area (Å²) in [4.78, 5) is 37.2. The second-order valence-electron chi connectivity index (χ2n) is 9.67. The van der Waals surface area contributed by atoms with Crippen LogP contribution in [0.1, 0.15) is 38.7 Å². The highest BCUT2D eigenvalue weighted by Gasteiger charge is 2.20. The molecule has 40 heavy (non-hydrogen) atoms. The highest BCUT2D eigenvalue weighted by Crippen LogP contribution is 2.21. The van der Waals surface area contributed by atoms with E-state index in [2.05, 4.69) is 54.9 Å². The van der Waals surface area contributed by atoms with Crippen LogP contribution in [0.15, 0.2) is 42.7 Å². The first-order chi connectivity index (χ1) is 19.3. The number of carbonyl (C=O) groups excluding carboxylic acids is 2. The maximum atomic E-state index is 12.5. The Morgan fingerprint density at radius 1 is 1.18 bits per heavy atom. The molecule has 0 bridgehead atoms. The van der Waals surface area contributed by atoms with Gasteiger partial charge >= 0.3 is 0 Å². The molecule has 212 valence electrons. The van der Waals surface area contributed by atoms with Crippen LogP contribution < -0.4 is 16.0 Å². The number of rotatable bonds is 13. The van der Waals surface area contributed by atoms with Crippen LogP contribution in [-0.4, -0.2) is 88.6 Å². The van der Waals surface area contributed by atoms with Gasteiger partial charge in [-0.1, -0.05) is 24.8 Å². The summed E-state index contributed by atoms with van der Waals surface area (Å²) in [5.41, 5.74) is 2.49. The molecule has 3 aromatic rings. The molecule has 0 radical (unpaired) electrons. The first-order valence-electron chi connectivity index (χ1n) is 13.4. The number of unbranched alkanes of at least 4 members (excludes halogenated alkanes) is 1. The van der Waals surface area contributed by atoms with E-state index in [-0.39, 0.29) is 11.8 Å². The van der Waals surface area contributed by atoms with Crippen molar-refractivity contribution in [1.29, 1.82) is 0 Å². The lowest BCUT2D eigenvalue weighted by atomic mass is 10.2. The molecule has 1 atom stereocenters. The van der Waals surface area contributed by atoms with Crippen molar-refractivity contribution in [2.24, 2.45) is 0 Å². The number of amides is 2. The van der Waals surface area contributed by atoms with Crippen LogP contribution in [0.2, 0.25) is 0 Å². The molecule has 0 spiro atoms. The lowest BCUT2D eigenvalue weighted by molar-refractivity contribution is -0.135. The number of H-pyrrole nitrogens is 1. The van der Waals surface area contributed by atoms with Gasteiger partial charge in [-0.05, 0) is 52.1 Å². The van der Waals surface area contributed by atoms with E-state index >= 15 is 0 Å². The van der Waals surface area contributed by atoms with Crippen LogP contribution in [0.5, 0.6) is 0 Å². The van der Waals surface area contributed by atoms with E-state index in [9.17, 15) is 9.59 Å². The third kappa shape index (κ3) is 9.10. The third-order valence-electron chi connectivity index (χ3n) is 6.07. The highest BCUT2D eigenvalue weighted by molar-refractivity contribution is 5.92. The minimum Gasteiger partial charge on any atom is -0.369 e. The Balaban J connectivity index is 1.51. The number of benzene rings is 1. The van der Waals surface area contributed by atoms with Gasteiger partial charge < -0.3 is 25.8 Å². The summed E-state index contributed by atoms with van der Waals surface area (Å²) in [5, 5.41) is 17.5. The van der Waals surface area contributed by atoms with Crippen LogP contribution in [0.4, 0.5) is 17.5 Å². The normalized spacial score (nSPS) is 11.8. The van der Waals surface area contributed by atoms with Gasteiger partial charge in [0.15, 0.2) is 0 Å². The van der Waals surface area contributed by atoms with Gasteiger partial charge in [-0.15, -0.1) is 0 Å². The van der Waals surface area contributed by atoms with Gasteiger partial charge in [0.05, 0.1) is 23.5 Å². The molecule has 4 N–H and O–H groups in total. The molecule has 0 fully saturated rings. The van der Waals surface area contributed by atoms with Gasteiger partial charge in [0.1, 0.15) is 11.9 Å². The van der Waals surface area contributed by atoms with Crippen molar-refractivity contribution >= 4 is 40.2 Å². The number of aromatic amines is 1. The third-order valence-corrected chi connectivity index (χ3v) is 6.07. The molecular formula is C29H39N9O2. The fourth-order valence-electron chi connectivity index (χ4n) is 3.60. The molecule has 1 aromatic carbocycles. The predicted molar refractivity (Wildman–Crippen MR) is 159 cm³/mol. The average molecular weight is 546 g/mol. The maximum absolute atomic E-state index is 12.5. The largest absolute Gasteiger partial charge is 0.369 e. The molecule has 2 amide bonds. The maximum Gasteiger partial charge on any atom is 0.246 e. The quantitative estimate of drug-likeness (QED) is 0.146. The zero-order valence-corrected chi connectivity index (χ0v) is 23.9. The second kappa shape index (κ2) is 15.2. The van der Waals surface area contributed by atoms with Crippen molar-refractivity contribution in [2.45, 2.75) is 39.2 Å². The number of fused-ring (bicyclic) bond motifs is 1. The van der Waals surface area contributed by atoms with Crippen molar-refractivity contribution in [1.82, 2.24) is 35.3 Å². The summed E-state index contributed by atoms with van der Waals surface area (Å²) >= 11 is 0. The minimum atomic E-state index is -0.569. The van der Waals surface area contributed by atoms with E-state index in [1.165, 1.54) is 11.0 Å². The van der Waals surface area contributed by atoms with Gasteiger partial charge in [-0.3, -0.25) is 14.7 Å². The number of carbonyl (C=O) groups is 2. The molecule has 2 heterocycles. The fraction of sp³-hybridized carbons (Fsp3) is 0.414. The van der Waals surface area contributed by atoms with Crippen LogP contribution in [0, 0.1) is 11.8 Å². The molecule has 0 aliphatic heterocycles. The zero-order valence-electron chi connectivity index (χ0n) is 23.9. The highest BCUT2D eigenvalue weighted by atomic mass is 16.2. The Hall–Kier alpha value is -4.43. The summed E-state index contributed by atoms with van der Waals surface area (Å²) < 4.78 is 0. The first-order valence-corrected chi connectivity index (χ1v) is 13.4. The van der Waals surface area contributed by atoms with Crippen molar-refractivity contribution in [3.63, 3.8) is 0 Å². The molecule has 0 saturated heterocycles. The molecule has 3 rings (SSSR count). The number of hydrogen-bond acceptors (Lipinski definition) is 8. The predicted octanol–water partition coefficient (Wildman–Crippen LogP) is 3.13. The topological polar surface area (TPSA) is 131 Å². The van der Waals surface area contributed by atoms with Crippen LogP contribution in [-0.2, 0) is 9.59 Å². The van der Waals surface area contributed by atoms with Gasteiger partial charge in [-0.2, -0.15) is 10.1 Å². The number of hydrogen-bond donors (Lipinski definition) is 4. The summed E-state index contributed by atoms with van der Waals surface area (Å²) in [6, 6.07) is 5.31. The average Bonchev–Trinajstić information content (AvgIpc) is 3.41. The zero-order chi connectivity index (χ0) is 28.9. The number of anilines is 3. The monoisotopic (exact) mass is 545 g/mol. The van der Waals surface area contributed by atoms with Gasteiger partial charge in [0.2, 0.25) is 17.8 Å².